The van der Waals surface area contributed by atoms with Crippen LogP contribution in [0.15, 0.2) is 12.3 Å². The van der Waals surface area contributed by atoms with Gasteiger partial charge in [0.2, 0.25) is 0 Å². The summed E-state index contributed by atoms with van der Waals surface area (Å²) in [5, 5.41) is 9.29. The lowest BCUT2D eigenvalue weighted by molar-refractivity contribution is -0.222. The first-order valence-electron chi connectivity index (χ1n) is 7.32. The number of aliphatic hydroxyl groups is 1. The fourth-order valence-corrected chi connectivity index (χ4v) is 2.82. The Balaban J connectivity index is 2.03. The van der Waals surface area contributed by atoms with Gasteiger partial charge in [0, 0.05) is 31.9 Å². The second-order valence-electron chi connectivity index (χ2n) is 5.90. The first-order chi connectivity index (χ1) is 10.6. The van der Waals surface area contributed by atoms with Crippen LogP contribution in [0.5, 0.6) is 0 Å². The number of piperidine rings is 1. The summed E-state index contributed by atoms with van der Waals surface area (Å²) in [6.45, 7) is 1.70. The molecule has 5 nitrogen and oxygen atoms in total. The second kappa shape index (κ2) is 6.35. The van der Waals surface area contributed by atoms with Crippen LogP contribution < -0.4 is 0 Å². The van der Waals surface area contributed by atoms with Gasteiger partial charge in [0.05, 0.1) is 0 Å². The molecule has 1 aliphatic rings. The topological polar surface area (TPSA) is 62.5 Å². The standard InChI is InChI=1S/C15H19F3N2O3/c1-9(21)11-7-12(19(2)8-11)14(23)20-5-3-10(4-6-20)13(22)15(16,17)18/h7-8,10,13,22H,3-6H2,1-2H3. The van der Waals surface area contributed by atoms with Crippen LogP contribution in [0.2, 0.25) is 0 Å². The van der Waals surface area contributed by atoms with Crippen LogP contribution >= 0.6 is 0 Å². The number of Topliss-reactive ketones (excluding diaryl/α,β-unsaturated/α-hetero) is 1. The molecule has 1 saturated heterocycles. The zero-order chi connectivity index (χ0) is 17.4. The molecule has 1 aromatic rings. The van der Waals surface area contributed by atoms with E-state index in [1.807, 2.05) is 0 Å². The number of alkyl halides is 3. The van der Waals surface area contributed by atoms with Crippen molar-refractivity contribution in [1.82, 2.24) is 9.47 Å². The molecule has 8 heteroatoms. The summed E-state index contributed by atoms with van der Waals surface area (Å²) in [7, 11) is 1.64. The van der Waals surface area contributed by atoms with Crippen LogP contribution in [0.3, 0.4) is 0 Å². The molecule has 1 amide bonds. The largest absolute Gasteiger partial charge is 0.414 e. The van der Waals surface area contributed by atoms with Gasteiger partial charge in [-0.1, -0.05) is 0 Å². The van der Waals surface area contributed by atoms with Crippen LogP contribution in [0, 0.1) is 5.92 Å². The van der Waals surface area contributed by atoms with Crippen LogP contribution in [-0.2, 0) is 7.05 Å². The molecule has 0 aromatic carbocycles. The van der Waals surface area contributed by atoms with Crippen molar-refractivity contribution in [1.29, 1.82) is 0 Å². The van der Waals surface area contributed by atoms with Crippen molar-refractivity contribution >= 4 is 11.7 Å². The predicted octanol–water partition coefficient (Wildman–Crippen LogP) is 2.00. The molecule has 0 spiro atoms. The molecule has 1 fully saturated rings. The number of ketones is 1. The van der Waals surface area contributed by atoms with Gasteiger partial charge < -0.3 is 14.6 Å². The molecule has 2 rings (SSSR count). The van der Waals surface area contributed by atoms with E-state index in [0.29, 0.717) is 11.3 Å². The monoisotopic (exact) mass is 332 g/mol. The molecule has 0 aliphatic carbocycles. The van der Waals surface area contributed by atoms with Crippen molar-refractivity contribution in [2.75, 3.05) is 13.1 Å². The highest BCUT2D eigenvalue weighted by Crippen LogP contribution is 2.32. The van der Waals surface area contributed by atoms with Gasteiger partial charge in [-0.2, -0.15) is 13.2 Å². The maximum Gasteiger partial charge on any atom is 0.414 e. The molecule has 2 heterocycles. The van der Waals surface area contributed by atoms with Crippen LogP contribution in [0.1, 0.15) is 40.6 Å². The third kappa shape index (κ3) is 3.74. The fourth-order valence-electron chi connectivity index (χ4n) is 2.82. The van der Waals surface area contributed by atoms with Gasteiger partial charge in [-0.15, -0.1) is 0 Å². The molecule has 1 N–H and O–H groups in total. The highest BCUT2D eigenvalue weighted by atomic mass is 19.4. The maximum absolute atomic E-state index is 12.5. The Labute approximate surface area is 131 Å². The number of likely N-dealkylation sites (tertiary alicyclic amines) is 1. The second-order valence-corrected chi connectivity index (χ2v) is 5.90. The van der Waals surface area contributed by atoms with Gasteiger partial charge >= 0.3 is 6.18 Å². The Bertz CT molecular complexity index is 602. The number of hydrogen-bond acceptors (Lipinski definition) is 3. The van der Waals surface area contributed by atoms with Crippen molar-refractivity contribution in [3.05, 3.63) is 23.5 Å². The summed E-state index contributed by atoms with van der Waals surface area (Å²) in [6.07, 6.45) is -5.24. The summed E-state index contributed by atoms with van der Waals surface area (Å²) in [5.41, 5.74) is 0.739. The highest BCUT2D eigenvalue weighted by Gasteiger charge is 2.44. The van der Waals surface area contributed by atoms with E-state index >= 15 is 0 Å². The number of carbonyl (C=O) groups excluding carboxylic acids is 2. The summed E-state index contributed by atoms with van der Waals surface area (Å²) in [4.78, 5) is 25.2. The Morgan fingerprint density at radius 2 is 1.87 bits per heavy atom. The average Bonchev–Trinajstić information content (AvgIpc) is 2.87. The number of aromatic nitrogens is 1. The zero-order valence-corrected chi connectivity index (χ0v) is 12.9. The zero-order valence-electron chi connectivity index (χ0n) is 12.9. The van der Waals surface area contributed by atoms with E-state index in [1.54, 1.807) is 13.2 Å². The molecule has 0 saturated carbocycles. The lowest BCUT2D eigenvalue weighted by atomic mass is 9.91. The van der Waals surface area contributed by atoms with Crippen molar-refractivity contribution in [3.63, 3.8) is 0 Å². The van der Waals surface area contributed by atoms with Crippen molar-refractivity contribution in [2.45, 2.75) is 32.0 Å². The van der Waals surface area contributed by atoms with E-state index < -0.39 is 18.2 Å². The predicted molar refractivity (Wildman–Crippen MR) is 76.1 cm³/mol. The van der Waals surface area contributed by atoms with E-state index in [9.17, 15) is 27.9 Å². The van der Waals surface area contributed by atoms with Gasteiger partial charge in [-0.05, 0) is 31.7 Å². The number of halogens is 3. The van der Waals surface area contributed by atoms with Gasteiger partial charge in [-0.3, -0.25) is 9.59 Å². The molecule has 1 aromatic heterocycles. The summed E-state index contributed by atoms with van der Waals surface area (Å²) >= 11 is 0. The molecular weight excluding hydrogens is 313 g/mol. The smallest absolute Gasteiger partial charge is 0.383 e. The Kier molecular flexibility index (Phi) is 4.84. The number of nitrogens with zero attached hydrogens (tertiary/aromatic N) is 2. The summed E-state index contributed by atoms with van der Waals surface area (Å²) in [5.74, 6) is -1.37. The molecule has 1 aliphatic heterocycles. The van der Waals surface area contributed by atoms with Gasteiger partial charge in [0.25, 0.3) is 5.91 Å². The molecular formula is C15H19F3N2O3. The SMILES string of the molecule is CC(=O)c1cc(C(=O)N2CCC(C(O)C(F)(F)F)CC2)n(C)c1. The number of amides is 1. The number of aliphatic hydroxyl groups excluding tert-OH is 1. The average molecular weight is 332 g/mol. The summed E-state index contributed by atoms with van der Waals surface area (Å²) in [6, 6.07) is 1.49. The molecule has 0 bridgehead atoms. The first-order valence-corrected chi connectivity index (χ1v) is 7.32. The summed E-state index contributed by atoms with van der Waals surface area (Å²) < 4.78 is 39.1. The molecule has 0 radical (unpaired) electrons. The normalized spacial score (nSPS) is 18.1. The van der Waals surface area contributed by atoms with Crippen molar-refractivity contribution < 1.29 is 27.9 Å². The maximum atomic E-state index is 12.5. The van der Waals surface area contributed by atoms with Gasteiger partial charge in [0.15, 0.2) is 11.9 Å². The Morgan fingerprint density at radius 1 is 1.30 bits per heavy atom. The molecule has 23 heavy (non-hydrogen) atoms. The number of aryl methyl sites for hydroxylation is 1. The quantitative estimate of drug-likeness (QED) is 0.861. The fraction of sp³-hybridized carbons (Fsp3) is 0.600. The third-order valence-electron chi connectivity index (χ3n) is 4.24. The number of carbonyl (C=O) groups is 2. The molecule has 1 unspecified atom stereocenters. The third-order valence-corrected chi connectivity index (χ3v) is 4.24. The number of hydrogen-bond donors (Lipinski definition) is 1. The van der Waals surface area contributed by atoms with Gasteiger partial charge in [-0.25, -0.2) is 0 Å². The molecule has 1 atom stereocenters. The first kappa shape index (κ1) is 17.5. The van der Waals surface area contributed by atoms with Crippen LogP contribution in [0.4, 0.5) is 13.2 Å². The number of rotatable bonds is 3. The van der Waals surface area contributed by atoms with Crippen molar-refractivity contribution in [3.8, 4) is 0 Å². The Morgan fingerprint density at radius 3 is 2.30 bits per heavy atom. The van der Waals surface area contributed by atoms with Crippen LogP contribution in [-0.4, -0.2) is 51.6 Å². The highest BCUT2D eigenvalue weighted by molar-refractivity contribution is 5.99. The van der Waals surface area contributed by atoms with E-state index in [-0.39, 0.29) is 37.6 Å². The minimum absolute atomic E-state index is 0.0937. The van der Waals surface area contributed by atoms with E-state index in [2.05, 4.69) is 0 Å². The van der Waals surface area contributed by atoms with Crippen LogP contribution in [0.25, 0.3) is 0 Å². The minimum Gasteiger partial charge on any atom is -0.383 e. The minimum atomic E-state index is -4.63. The molecule has 128 valence electrons. The van der Waals surface area contributed by atoms with E-state index in [1.165, 1.54) is 22.5 Å². The van der Waals surface area contributed by atoms with Gasteiger partial charge in [0.1, 0.15) is 5.69 Å². The lowest BCUT2D eigenvalue weighted by Gasteiger charge is -2.34. The van der Waals surface area contributed by atoms with E-state index in [0.717, 1.165) is 0 Å². The van der Waals surface area contributed by atoms with E-state index in [4.69, 9.17) is 0 Å². The Hall–Kier alpha value is -1.83. The van der Waals surface area contributed by atoms with Crippen molar-refractivity contribution in [2.24, 2.45) is 13.0 Å². The lowest BCUT2D eigenvalue weighted by Crippen LogP contribution is -2.45.